The highest BCUT2D eigenvalue weighted by Gasteiger charge is 2.08. The average Bonchev–Trinajstić information content (AvgIpc) is 2.73. The lowest BCUT2D eigenvalue weighted by Gasteiger charge is -2.14. The van der Waals surface area contributed by atoms with Crippen molar-refractivity contribution in [2.45, 2.75) is 26.8 Å². The van der Waals surface area contributed by atoms with Crippen molar-refractivity contribution in [2.75, 3.05) is 26.8 Å². The molecule has 0 aliphatic rings. The van der Waals surface area contributed by atoms with Crippen molar-refractivity contribution in [3.05, 3.63) is 58.9 Å². The molecule has 0 bridgehead atoms. The van der Waals surface area contributed by atoms with Gasteiger partial charge in [-0.1, -0.05) is 6.07 Å². The van der Waals surface area contributed by atoms with Crippen LogP contribution in [0, 0.1) is 17.1 Å². The van der Waals surface area contributed by atoms with E-state index in [4.69, 9.17) is 14.7 Å². The number of nitrogens with zero attached hydrogens (tertiary/aromatic N) is 2. The lowest BCUT2D eigenvalue weighted by Crippen LogP contribution is -2.38. The zero-order valence-electron chi connectivity index (χ0n) is 17.5. The van der Waals surface area contributed by atoms with Gasteiger partial charge in [-0.25, -0.2) is 4.39 Å². The second-order valence-corrected chi connectivity index (χ2v) is 6.17. The Morgan fingerprint density at radius 1 is 1.07 bits per heavy atom. The van der Waals surface area contributed by atoms with E-state index in [9.17, 15) is 4.39 Å². The van der Waals surface area contributed by atoms with Crippen LogP contribution in [0.25, 0.3) is 0 Å². The fourth-order valence-corrected chi connectivity index (χ4v) is 2.76. The molecular formula is C22H28FIN4O2. The summed E-state index contributed by atoms with van der Waals surface area (Å²) in [6.45, 7) is 5.91. The van der Waals surface area contributed by atoms with Gasteiger partial charge < -0.3 is 20.1 Å². The third-order valence-electron chi connectivity index (χ3n) is 4.16. The van der Waals surface area contributed by atoms with Gasteiger partial charge in [0.15, 0.2) is 17.5 Å². The Morgan fingerprint density at radius 2 is 1.80 bits per heavy atom. The molecule has 8 heteroatoms. The second kappa shape index (κ2) is 13.6. The van der Waals surface area contributed by atoms with Crippen molar-refractivity contribution >= 4 is 29.9 Å². The first-order valence-corrected chi connectivity index (χ1v) is 9.62. The maximum Gasteiger partial charge on any atom is 0.191 e. The molecule has 0 aliphatic heterocycles. The van der Waals surface area contributed by atoms with Gasteiger partial charge in [-0.2, -0.15) is 5.26 Å². The smallest absolute Gasteiger partial charge is 0.191 e. The Morgan fingerprint density at radius 3 is 2.47 bits per heavy atom. The molecule has 6 nitrogen and oxygen atoms in total. The van der Waals surface area contributed by atoms with Crippen LogP contribution in [0.2, 0.25) is 0 Å². The van der Waals surface area contributed by atoms with E-state index >= 15 is 0 Å². The van der Waals surface area contributed by atoms with Gasteiger partial charge in [0.05, 0.1) is 24.8 Å². The summed E-state index contributed by atoms with van der Waals surface area (Å²) in [5.74, 6) is 1.68. The first kappa shape index (κ1) is 25.5. The minimum absolute atomic E-state index is 0. The van der Waals surface area contributed by atoms with Gasteiger partial charge >= 0.3 is 0 Å². The van der Waals surface area contributed by atoms with E-state index in [-0.39, 0.29) is 36.3 Å². The maximum absolute atomic E-state index is 13.9. The van der Waals surface area contributed by atoms with E-state index in [0.717, 1.165) is 23.5 Å². The molecule has 0 radical (unpaired) electrons. The van der Waals surface area contributed by atoms with Crippen molar-refractivity contribution in [3.8, 4) is 17.6 Å². The quantitative estimate of drug-likeness (QED) is 0.293. The highest BCUT2D eigenvalue weighted by molar-refractivity contribution is 14.0. The van der Waals surface area contributed by atoms with Crippen LogP contribution in [-0.2, 0) is 13.0 Å². The Labute approximate surface area is 194 Å². The van der Waals surface area contributed by atoms with E-state index in [1.165, 1.54) is 18.2 Å². The van der Waals surface area contributed by atoms with Crippen LogP contribution in [0.1, 0.15) is 30.5 Å². The normalized spacial score (nSPS) is 10.6. The summed E-state index contributed by atoms with van der Waals surface area (Å²) in [6, 6.07) is 12.2. The highest BCUT2D eigenvalue weighted by Crippen LogP contribution is 2.28. The highest BCUT2D eigenvalue weighted by atomic mass is 127. The molecule has 0 amide bonds. The lowest BCUT2D eigenvalue weighted by atomic mass is 10.1. The standard InChI is InChI=1S/C22H27FN4O2.HI/c1-4-28-20-9-7-16(13-21(20)29-5-2)10-11-26-22(25-3)27-15-18-12-17(14-24)6-8-19(18)23;/h6-9,12-13H,4-5,10-11,15H2,1-3H3,(H2,25,26,27);1H. The van der Waals surface area contributed by atoms with Crippen molar-refractivity contribution in [1.29, 1.82) is 5.26 Å². The van der Waals surface area contributed by atoms with Crippen molar-refractivity contribution in [1.82, 2.24) is 10.6 Å². The minimum Gasteiger partial charge on any atom is -0.490 e. The molecule has 0 fully saturated rings. The molecule has 0 aromatic heterocycles. The molecule has 0 saturated carbocycles. The first-order chi connectivity index (χ1) is 14.1. The van der Waals surface area contributed by atoms with Crippen LogP contribution in [0.3, 0.4) is 0 Å². The largest absolute Gasteiger partial charge is 0.490 e. The van der Waals surface area contributed by atoms with Crippen molar-refractivity contribution < 1.29 is 13.9 Å². The Kier molecular flexibility index (Phi) is 11.6. The predicted octanol–water partition coefficient (Wildman–Crippen LogP) is 4.02. The summed E-state index contributed by atoms with van der Waals surface area (Å²) in [7, 11) is 1.65. The van der Waals surface area contributed by atoms with Crippen LogP contribution in [-0.4, -0.2) is 32.8 Å². The molecule has 0 saturated heterocycles. The fraction of sp³-hybridized carbons (Fsp3) is 0.364. The predicted molar refractivity (Wildman–Crippen MR) is 127 cm³/mol. The molecule has 0 unspecified atom stereocenters. The van der Waals surface area contributed by atoms with Crippen LogP contribution < -0.4 is 20.1 Å². The molecule has 2 aromatic carbocycles. The van der Waals surface area contributed by atoms with E-state index in [2.05, 4.69) is 15.6 Å². The molecule has 162 valence electrons. The maximum atomic E-state index is 13.9. The summed E-state index contributed by atoms with van der Waals surface area (Å²) in [6.07, 6.45) is 0.755. The minimum atomic E-state index is -0.357. The summed E-state index contributed by atoms with van der Waals surface area (Å²) >= 11 is 0. The van der Waals surface area contributed by atoms with E-state index in [0.29, 0.717) is 36.8 Å². The van der Waals surface area contributed by atoms with Gasteiger partial charge in [0, 0.05) is 25.7 Å². The second-order valence-electron chi connectivity index (χ2n) is 6.17. The van der Waals surface area contributed by atoms with Crippen molar-refractivity contribution in [2.24, 2.45) is 4.99 Å². The molecule has 0 atom stereocenters. The summed E-state index contributed by atoms with van der Waals surface area (Å²) in [5, 5.41) is 15.2. The number of hydrogen-bond donors (Lipinski definition) is 2. The number of nitriles is 1. The molecule has 0 aliphatic carbocycles. The third kappa shape index (κ3) is 7.71. The van der Waals surface area contributed by atoms with Crippen LogP contribution in [0.5, 0.6) is 11.5 Å². The SMILES string of the molecule is CCOc1ccc(CCNC(=NC)NCc2cc(C#N)ccc2F)cc1OCC.I. The molecule has 0 spiro atoms. The molecule has 30 heavy (non-hydrogen) atoms. The van der Waals surface area contributed by atoms with Gasteiger partial charge in [0.25, 0.3) is 0 Å². The Bertz CT molecular complexity index is 884. The van der Waals surface area contributed by atoms with Gasteiger partial charge in [-0.3, -0.25) is 4.99 Å². The number of aliphatic imine (C=N–C) groups is 1. The number of halogens is 2. The summed E-state index contributed by atoms with van der Waals surface area (Å²) in [5.41, 5.74) is 1.94. The lowest BCUT2D eigenvalue weighted by molar-refractivity contribution is 0.287. The van der Waals surface area contributed by atoms with Crippen LogP contribution in [0.15, 0.2) is 41.4 Å². The first-order valence-electron chi connectivity index (χ1n) is 9.62. The van der Waals surface area contributed by atoms with Gasteiger partial charge in [-0.15, -0.1) is 24.0 Å². The zero-order chi connectivity index (χ0) is 21.1. The summed E-state index contributed by atoms with van der Waals surface area (Å²) < 4.78 is 25.1. The Balaban J connectivity index is 0.00000450. The van der Waals surface area contributed by atoms with Gasteiger partial charge in [-0.05, 0) is 56.2 Å². The number of rotatable bonds is 9. The van der Waals surface area contributed by atoms with Gasteiger partial charge in [0.2, 0.25) is 0 Å². The molecule has 0 heterocycles. The number of guanidine groups is 1. The number of hydrogen-bond acceptors (Lipinski definition) is 4. The van der Waals surface area contributed by atoms with E-state index in [1.54, 1.807) is 7.05 Å². The Hall–Kier alpha value is -2.54. The van der Waals surface area contributed by atoms with E-state index in [1.807, 2.05) is 38.1 Å². The van der Waals surface area contributed by atoms with Crippen LogP contribution in [0.4, 0.5) is 4.39 Å². The zero-order valence-corrected chi connectivity index (χ0v) is 19.8. The number of benzene rings is 2. The van der Waals surface area contributed by atoms with Gasteiger partial charge in [0.1, 0.15) is 5.82 Å². The fourth-order valence-electron chi connectivity index (χ4n) is 2.76. The van der Waals surface area contributed by atoms with Crippen LogP contribution >= 0.6 is 24.0 Å². The number of ether oxygens (including phenoxy) is 2. The average molecular weight is 526 g/mol. The molecule has 2 N–H and O–H groups in total. The third-order valence-corrected chi connectivity index (χ3v) is 4.16. The summed E-state index contributed by atoms with van der Waals surface area (Å²) in [4.78, 5) is 4.15. The monoisotopic (exact) mass is 526 g/mol. The molecule has 2 rings (SSSR count). The topological polar surface area (TPSA) is 78.7 Å². The van der Waals surface area contributed by atoms with Crippen molar-refractivity contribution in [3.63, 3.8) is 0 Å². The molecule has 2 aromatic rings. The number of nitrogens with one attached hydrogen (secondary N) is 2. The van der Waals surface area contributed by atoms with E-state index < -0.39 is 0 Å². The molecular weight excluding hydrogens is 498 g/mol.